The lowest BCUT2D eigenvalue weighted by molar-refractivity contribution is 0.0862. The molecule has 104 valence electrons. The van der Waals surface area contributed by atoms with E-state index in [9.17, 15) is 4.79 Å². The maximum absolute atomic E-state index is 12.4. The molecule has 2 amide bonds. The fourth-order valence-electron chi connectivity index (χ4n) is 2.63. The summed E-state index contributed by atoms with van der Waals surface area (Å²) in [5.74, 6) is 0. The van der Waals surface area contributed by atoms with E-state index in [0.29, 0.717) is 6.04 Å². The molecule has 0 aromatic rings. The summed E-state index contributed by atoms with van der Waals surface area (Å²) in [5, 5.41) is 0. The Morgan fingerprint density at radius 3 is 1.72 bits per heavy atom. The highest BCUT2D eigenvalue weighted by atomic mass is 16.2. The topological polar surface area (TPSA) is 30.0 Å². The van der Waals surface area contributed by atoms with Gasteiger partial charge in [0.1, 0.15) is 0 Å². The van der Waals surface area contributed by atoms with Crippen molar-refractivity contribution in [3.63, 3.8) is 0 Å². The molecule has 2 aliphatic heterocycles. The molecule has 0 bridgehead atoms. The lowest BCUT2D eigenvalue weighted by Crippen LogP contribution is -2.57. The van der Waals surface area contributed by atoms with Gasteiger partial charge in [0.2, 0.25) is 0 Å². The standard InChI is InChI=1S/C13H26N4O/c1-12(2)15-8-10-17(11-9-15)13(18)16-6-4-14(3)5-7-16/h12H,4-11H2,1-3H3. The van der Waals surface area contributed by atoms with Crippen LogP contribution in [-0.2, 0) is 0 Å². The first kappa shape index (κ1) is 13.6. The summed E-state index contributed by atoms with van der Waals surface area (Å²) in [4.78, 5) is 21.1. The van der Waals surface area contributed by atoms with Crippen LogP contribution in [0.15, 0.2) is 0 Å². The Bertz CT molecular complexity index is 279. The fraction of sp³-hybridized carbons (Fsp3) is 0.923. The molecule has 2 aliphatic rings. The minimum atomic E-state index is 0.242. The third-order valence-electron chi connectivity index (χ3n) is 4.09. The largest absolute Gasteiger partial charge is 0.322 e. The van der Waals surface area contributed by atoms with Gasteiger partial charge < -0.3 is 14.7 Å². The number of carbonyl (C=O) groups excluding carboxylic acids is 1. The first-order valence-corrected chi connectivity index (χ1v) is 7.04. The highest BCUT2D eigenvalue weighted by Crippen LogP contribution is 2.10. The Morgan fingerprint density at radius 2 is 1.28 bits per heavy atom. The van der Waals surface area contributed by atoms with Gasteiger partial charge in [-0.25, -0.2) is 4.79 Å². The van der Waals surface area contributed by atoms with Gasteiger partial charge >= 0.3 is 6.03 Å². The van der Waals surface area contributed by atoms with E-state index in [-0.39, 0.29) is 6.03 Å². The monoisotopic (exact) mass is 254 g/mol. The van der Waals surface area contributed by atoms with Gasteiger partial charge in [0.15, 0.2) is 0 Å². The molecule has 2 fully saturated rings. The van der Waals surface area contributed by atoms with Gasteiger partial charge in [-0.05, 0) is 20.9 Å². The van der Waals surface area contributed by atoms with E-state index in [4.69, 9.17) is 0 Å². The van der Waals surface area contributed by atoms with Crippen LogP contribution in [0.4, 0.5) is 4.79 Å². The van der Waals surface area contributed by atoms with Crippen LogP contribution in [0.25, 0.3) is 0 Å². The number of urea groups is 1. The predicted molar refractivity (Wildman–Crippen MR) is 72.7 cm³/mol. The lowest BCUT2D eigenvalue weighted by Gasteiger charge is -2.41. The number of hydrogen-bond acceptors (Lipinski definition) is 3. The maximum Gasteiger partial charge on any atom is 0.320 e. The van der Waals surface area contributed by atoms with Crippen molar-refractivity contribution < 1.29 is 4.79 Å². The van der Waals surface area contributed by atoms with Crippen LogP contribution < -0.4 is 0 Å². The van der Waals surface area contributed by atoms with Crippen LogP contribution in [0.1, 0.15) is 13.8 Å². The number of carbonyl (C=O) groups is 1. The van der Waals surface area contributed by atoms with Gasteiger partial charge in [0.25, 0.3) is 0 Å². The van der Waals surface area contributed by atoms with Crippen LogP contribution in [0.2, 0.25) is 0 Å². The quantitative estimate of drug-likeness (QED) is 0.678. The molecule has 0 atom stereocenters. The van der Waals surface area contributed by atoms with Crippen molar-refractivity contribution in [2.24, 2.45) is 0 Å². The molecule has 0 spiro atoms. The average Bonchev–Trinajstić information content (AvgIpc) is 2.39. The minimum Gasteiger partial charge on any atom is -0.322 e. The van der Waals surface area contributed by atoms with E-state index in [0.717, 1.165) is 52.4 Å². The van der Waals surface area contributed by atoms with Crippen LogP contribution in [0.3, 0.4) is 0 Å². The third kappa shape index (κ3) is 3.14. The second-order valence-corrected chi connectivity index (χ2v) is 5.69. The normalized spacial score (nSPS) is 23.8. The number of hydrogen-bond donors (Lipinski definition) is 0. The molecule has 2 heterocycles. The van der Waals surface area contributed by atoms with Crippen LogP contribution in [0, 0.1) is 0 Å². The van der Waals surface area contributed by atoms with E-state index >= 15 is 0 Å². The van der Waals surface area contributed by atoms with Crippen molar-refractivity contribution in [1.82, 2.24) is 19.6 Å². The Morgan fingerprint density at radius 1 is 0.833 bits per heavy atom. The fourth-order valence-corrected chi connectivity index (χ4v) is 2.63. The van der Waals surface area contributed by atoms with Crippen molar-refractivity contribution in [3.05, 3.63) is 0 Å². The molecule has 0 aromatic carbocycles. The molecular weight excluding hydrogens is 228 g/mol. The van der Waals surface area contributed by atoms with E-state index in [2.05, 4.69) is 30.7 Å². The van der Waals surface area contributed by atoms with Crippen molar-refractivity contribution in [3.8, 4) is 0 Å². The first-order valence-electron chi connectivity index (χ1n) is 7.04. The van der Waals surface area contributed by atoms with Crippen molar-refractivity contribution >= 4 is 6.03 Å². The molecule has 0 radical (unpaired) electrons. The molecule has 2 rings (SSSR count). The Kier molecular flexibility index (Phi) is 4.45. The van der Waals surface area contributed by atoms with Crippen molar-refractivity contribution in [2.45, 2.75) is 19.9 Å². The van der Waals surface area contributed by atoms with Crippen molar-refractivity contribution in [2.75, 3.05) is 59.4 Å². The second kappa shape index (κ2) is 5.89. The van der Waals surface area contributed by atoms with Gasteiger partial charge in [-0.15, -0.1) is 0 Å². The summed E-state index contributed by atoms with van der Waals surface area (Å²) in [6.45, 7) is 12.0. The Labute approximate surface area is 110 Å². The smallest absolute Gasteiger partial charge is 0.320 e. The predicted octanol–water partition coefficient (Wildman–Crippen LogP) is 0.380. The number of likely N-dealkylation sites (N-methyl/N-ethyl adjacent to an activating group) is 1. The Hall–Kier alpha value is -0.810. The Balaban J connectivity index is 1.80. The number of amides is 2. The molecule has 2 saturated heterocycles. The summed E-state index contributed by atoms with van der Waals surface area (Å²) < 4.78 is 0. The molecule has 0 N–H and O–H groups in total. The second-order valence-electron chi connectivity index (χ2n) is 5.69. The average molecular weight is 254 g/mol. The van der Waals surface area contributed by atoms with E-state index < -0.39 is 0 Å². The van der Waals surface area contributed by atoms with E-state index in [1.54, 1.807) is 0 Å². The first-order chi connectivity index (χ1) is 8.58. The zero-order valence-corrected chi connectivity index (χ0v) is 11.9. The molecular formula is C13H26N4O. The van der Waals surface area contributed by atoms with Crippen LogP contribution >= 0.6 is 0 Å². The number of piperazine rings is 2. The molecule has 0 saturated carbocycles. The van der Waals surface area contributed by atoms with E-state index in [1.165, 1.54) is 0 Å². The molecule has 5 nitrogen and oxygen atoms in total. The maximum atomic E-state index is 12.4. The molecule has 0 aliphatic carbocycles. The summed E-state index contributed by atoms with van der Waals surface area (Å²) in [6, 6.07) is 0.831. The summed E-state index contributed by atoms with van der Waals surface area (Å²) in [5.41, 5.74) is 0. The third-order valence-corrected chi connectivity index (χ3v) is 4.09. The molecule has 5 heteroatoms. The van der Waals surface area contributed by atoms with Crippen molar-refractivity contribution in [1.29, 1.82) is 0 Å². The van der Waals surface area contributed by atoms with Gasteiger partial charge in [-0.1, -0.05) is 0 Å². The zero-order valence-electron chi connectivity index (χ0n) is 11.9. The van der Waals surface area contributed by atoms with Gasteiger partial charge in [0.05, 0.1) is 0 Å². The number of rotatable bonds is 1. The van der Waals surface area contributed by atoms with Gasteiger partial charge in [0, 0.05) is 58.4 Å². The lowest BCUT2D eigenvalue weighted by atomic mass is 10.2. The molecule has 18 heavy (non-hydrogen) atoms. The zero-order chi connectivity index (χ0) is 13.1. The molecule has 0 aromatic heterocycles. The summed E-state index contributed by atoms with van der Waals surface area (Å²) in [6.07, 6.45) is 0. The molecule has 0 unspecified atom stereocenters. The highest BCUT2D eigenvalue weighted by molar-refractivity contribution is 5.74. The van der Waals surface area contributed by atoms with Gasteiger partial charge in [-0.2, -0.15) is 0 Å². The summed E-state index contributed by atoms with van der Waals surface area (Å²) >= 11 is 0. The number of nitrogens with zero attached hydrogens (tertiary/aromatic N) is 4. The van der Waals surface area contributed by atoms with Crippen LogP contribution in [-0.4, -0.2) is 91.1 Å². The SMILES string of the molecule is CC(C)N1CCN(C(=O)N2CCN(C)CC2)CC1. The van der Waals surface area contributed by atoms with Crippen LogP contribution in [0.5, 0.6) is 0 Å². The summed E-state index contributed by atoms with van der Waals surface area (Å²) in [7, 11) is 2.11. The van der Waals surface area contributed by atoms with Gasteiger partial charge in [-0.3, -0.25) is 4.90 Å². The highest BCUT2D eigenvalue weighted by Gasteiger charge is 2.27. The van der Waals surface area contributed by atoms with E-state index in [1.807, 2.05) is 9.80 Å². The minimum absolute atomic E-state index is 0.242.